The first kappa shape index (κ1) is 40.2. The Morgan fingerprint density at radius 2 is 0.818 bits per heavy atom. The first-order chi connectivity index (χ1) is 26.8. The molecule has 0 radical (unpaired) electrons. The number of Topliss-reactive ketones (excluding diaryl/α,β-unsaturated/α-hetero) is 4. The van der Waals surface area contributed by atoms with E-state index in [9.17, 15) is 19.2 Å². The number of hydrogen-bond donors (Lipinski definition) is 2. The van der Waals surface area contributed by atoms with Gasteiger partial charge in [-0.15, -0.1) is 0 Å². The average molecular weight is 761 g/mol. The Balaban J connectivity index is 1.21. The molecule has 0 bridgehead atoms. The standard InChI is InChI=1S/C43H68N8O4/c1-5-49(6-2)23-25-51(26-24-50(7-3)8-4)43-47-41(44-33-21-13-19-31-35(33)39(54)29-17-11-9-15-27(29)37(31)52)46-42(48-43)45-34-22-14-20-32-36(34)40(55)30-18-12-10-16-28(30)38(32)53/h27-36H,5-26H2,1-4H3,(H2,44,45,46,47,48). The zero-order valence-corrected chi connectivity index (χ0v) is 34.1. The molecule has 1 aromatic rings. The number of nitrogens with one attached hydrogen (secondary N) is 2. The van der Waals surface area contributed by atoms with Crippen molar-refractivity contribution < 1.29 is 19.2 Å². The Morgan fingerprint density at radius 1 is 0.455 bits per heavy atom. The zero-order valence-electron chi connectivity index (χ0n) is 34.1. The highest BCUT2D eigenvalue weighted by molar-refractivity contribution is 6.01. The van der Waals surface area contributed by atoms with Crippen molar-refractivity contribution in [1.82, 2.24) is 24.8 Å². The maximum atomic E-state index is 14.2. The largest absolute Gasteiger partial charge is 0.351 e. The number of hydrogen-bond acceptors (Lipinski definition) is 12. The number of ketones is 4. The number of nitrogens with zero attached hydrogens (tertiary/aromatic N) is 6. The number of anilines is 3. The highest BCUT2D eigenvalue weighted by Crippen LogP contribution is 2.48. The van der Waals surface area contributed by atoms with Crippen molar-refractivity contribution in [2.24, 2.45) is 47.3 Å². The molecule has 0 aliphatic heterocycles. The van der Waals surface area contributed by atoms with E-state index < -0.39 is 0 Å². The van der Waals surface area contributed by atoms with Crippen LogP contribution in [-0.2, 0) is 19.2 Å². The summed E-state index contributed by atoms with van der Waals surface area (Å²) in [4.78, 5) is 78.4. The van der Waals surface area contributed by atoms with Gasteiger partial charge in [0, 0.05) is 85.6 Å². The molecule has 0 spiro atoms. The normalized spacial score (nSPS) is 33.5. The van der Waals surface area contributed by atoms with Crippen LogP contribution in [0, 0.1) is 47.3 Å². The lowest BCUT2D eigenvalue weighted by molar-refractivity contribution is -0.151. The third-order valence-corrected chi connectivity index (χ3v) is 14.9. The third-order valence-electron chi connectivity index (χ3n) is 14.9. The lowest BCUT2D eigenvalue weighted by Gasteiger charge is -2.46. The average Bonchev–Trinajstić information content (AvgIpc) is 3.21. The number of rotatable bonds is 15. The van der Waals surface area contributed by atoms with Crippen LogP contribution >= 0.6 is 0 Å². The Kier molecular flexibility index (Phi) is 13.2. The number of likely N-dealkylation sites (N-methyl/N-ethyl adjacent to an activating group) is 2. The molecule has 304 valence electrons. The maximum absolute atomic E-state index is 14.2. The Morgan fingerprint density at radius 3 is 1.20 bits per heavy atom. The highest BCUT2D eigenvalue weighted by atomic mass is 16.2. The van der Waals surface area contributed by atoms with E-state index in [1.807, 2.05) is 0 Å². The minimum absolute atomic E-state index is 0.108. The summed E-state index contributed by atoms with van der Waals surface area (Å²) in [5, 5.41) is 7.28. The Bertz CT molecular complexity index is 1430. The van der Waals surface area contributed by atoms with Crippen LogP contribution in [0.5, 0.6) is 0 Å². The van der Waals surface area contributed by atoms with E-state index in [1.54, 1.807) is 0 Å². The van der Waals surface area contributed by atoms with Crippen molar-refractivity contribution in [3.8, 4) is 0 Å². The van der Waals surface area contributed by atoms with Gasteiger partial charge >= 0.3 is 0 Å². The summed E-state index contributed by atoms with van der Waals surface area (Å²) < 4.78 is 0. The van der Waals surface area contributed by atoms with Crippen molar-refractivity contribution in [3.05, 3.63) is 0 Å². The van der Waals surface area contributed by atoms with E-state index in [0.717, 1.165) is 142 Å². The SMILES string of the molecule is CCN(CC)CCN(CCN(CC)CC)c1nc(NC2CCCC3C(=O)C4CCCCC4C(=O)C23)nc(NC2CCCC3C(=O)C4CCCCC4C(=O)C23)n1. The van der Waals surface area contributed by atoms with Gasteiger partial charge in [-0.25, -0.2) is 0 Å². The van der Waals surface area contributed by atoms with Gasteiger partial charge in [0.25, 0.3) is 0 Å². The van der Waals surface area contributed by atoms with Gasteiger partial charge in [0.05, 0.1) is 0 Å². The van der Waals surface area contributed by atoms with Gasteiger partial charge in [0.15, 0.2) is 0 Å². The molecular formula is C43H68N8O4. The summed E-state index contributed by atoms with van der Waals surface area (Å²) in [6.07, 6.45) is 12.3. The van der Waals surface area contributed by atoms with Crippen LogP contribution in [0.3, 0.4) is 0 Å². The summed E-state index contributed by atoms with van der Waals surface area (Å²) in [5.41, 5.74) is 0. The molecule has 0 amide bonds. The van der Waals surface area contributed by atoms with E-state index in [0.29, 0.717) is 29.4 Å². The first-order valence-corrected chi connectivity index (χ1v) is 22.4. The second-order valence-electron chi connectivity index (χ2n) is 17.6. The second kappa shape index (κ2) is 18.1. The molecular weight excluding hydrogens is 693 g/mol. The molecule has 1 heterocycles. The van der Waals surface area contributed by atoms with E-state index in [4.69, 9.17) is 15.0 Å². The van der Waals surface area contributed by atoms with Crippen LogP contribution in [-0.4, -0.2) is 112 Å². The van der Waals surface area contributed by atoms with Crippen molar-refractivity contribution in [2.75, 3.05) is 67.9 Å². The molecule has 12 heteroatoms. The predicted molar refractivity (Wildman–Crippen MR) is 215 cm³/mol. The molecule has 6 saturated carbocycles. The van der Waals surface area contributed by atoms with Crippen molar-refractivity contribution in [3.63, 3.8) is 0 Å². The van der Waals surface area contributed by atoms with Crippen LogP contribution in [0.2, 0.25) is 0 Å². The molecule has 10 unspecified atom stereocenters. The molecule has 7 rings (SSSR count). The third kappa shape index (κ3) is 8.37. The zero-order chi connectivity index (χ0) is 38.6. The van der Waals surface area contributed by atoms with Crippen LogP contribution < -0.4 is 15.5 Å². The summed E-state index contributed by atoms with van der Waals surface area (Å²) >= 11 is 0. The van der Waals surface area contributed by atoms with Crippen LogP contribution in [0.1, 0.15) is 118 Å². The molecule has 0 aromatic carbocycles. The van der Waals surface area contributed by atoms with Gasteiger partial charge in [-0.1, -0.05) is 66.2 Å². The fourth-order valence-corrected chi connectivity index (χ4v) is 11.7. The van der Waals surface area contributed by atoms with E-state index >= 15 is 0 Å². The van der Waals surface area contributed by atoms with Crippen LogP contribution in [0.25, 0.3) is 0 Å². The van der Waals surface area contributed by atoms with Crippen LogP contribution in [0.4, 0.5) is 17.8 Å². The summed E-state index contributed by atoms with van der Waals surface area (Å²) in [6.45, 7) is 15.7. The monoisotopic (exact) mass is 761 g/mol. The van der Waals surface area contributed by atoms with E-state index in [-0.39, 0.29) is 71.0 Å². The smallest absolute Gasteiger partial charge is 0.232 e. The van der Waals surface area contributed by atoms with Gasteiger partial charge in [-0.05, 0) is 77.5 Å². The topological polar surface area (TPSA) is 141 Å². The summed E-state index contributed by atoms with van der Waals surface area (Å²) in [5.74, 6) is 0.745. The summed E-state index contributed by atoms with van der Waals surface area (Å²) in [6, 6.07) is -0.471. The number of aromatic nitrogens is 3. The molecule has 0 saturated heterocycles. The molecule has 55 heavy (non-hydrogen) atoms. The van der Waals surface area contributed by atoms with E-state index in [1.165, 1.54) is 0 Å². The molecule has 12 nitrogen and oxygen atoms in total. The van der Waals surface area contributed by atoms with Crippen molar-refractivity contribution in [2.45, 2.75) is 130 Å². The molecule has 2 N–H and O–H groups in total. The van der Waals surface area contributed by atoms with Gasteiger partial charge in [0.2, 0.25) is 17.8 Å². The first-order valence-electron chi connectivity index (χ1n) is 22.4. The van der Waals surface area contributed by atoms with Gasteiger partial charge in [-0.3, -0.25) is 19.2 Å². The minimum atomic E-state index is -0.368. The molecule has 6 fully saturated rings. The Labute approximate surface area is 329 Å². The van der Waals surface area contributed by atoms with Gasteiger partial charge in [-0.2, -0.15) is 15.0 Å². The maximum Gasteiger partial charge on any atom is 0.232 e. The lowest BCUT2D eigenvalue weighted by Crippen LogP contribution is -2.56. The van der Waals surface area contributed by atoms with Gasteiger partial charge in [0.1, 0.15) is 23.1 Å². The van der Waals surface area contributed by atoms with E-state index in [2.05, 4.69) is 53.0 Å². The second-order valence-corrected chi connectivity index (χ2v) is 17.6. The van der Waals surface area contributed by atoms with Crippen LogP contribution in [0.15, 0.2) is 0 Å². The Hall–Kier alpha value is -2.99. The van der Waals surface area contributed by atoms with Crippen molar-refractivity contribution >= 4 is 41.0 Å². The molecule has 6 aliphatic carbocycles. The predicted octanol–water partition coefficient (Wildman–Crippen LogP) is 5.67. The van der Waals surface area contributed by atoms with Crippen molar-refractivity contribution in [1.29, 1.82) is 0 Å². The lowest BCUT2D eigenvalue weighted by atomic mass is 9.57. The quantitative estimate of drug-likeness (QED) is 0.228. The number of carbonyl (C=O) groups excluding carboxylic acids is 4. The molecule has 6 aliphatic rings. The summed E-state index contributed by atoms with van der Waals surface area (Å²) in [7, 11) is 0. The minimum Gasteiger partial charge on any atom is -0.351 e. The fraction of sp³-hybridized carbons (Fsp3) is 0.837. The molecule has 10 atom stereocenters. The number of carbonyl (C=O) groups is 4. The van der Waals surface area contributed by atoms with Gasteiger partial charge < -0.3 is 25.3 Å². The molecule has 1 aromatic heterocycles. The fourth-order valence-electron chi connectivity index (χ4n) is 11.7. The highest BCUT2D eigenvalue weighted by Gasteiger charge is 2.55. The number of fused-ring (bicyclic) bond motifs is 4.